The third-order valence-electron chi connectivity index (χ3n) is 0.577. The second kappa shape index (κ2) is 40.3. The van der Waals surface area contributed by atoms with Gasteiger partial charge in [0.25, 0.3) is 0 Å². The minimum Gasteiger partial charge on any atom is -0.542 e. The van der Waals surface area contributed by atoms with Gasteiger partial charge in [-0.1, -0.05) is 0 Å². The molecule has 174 valence electrons. The molecule has 0 spiro atoms. The molecule has 0 bridgehead atoms. The monoisotopic (exact) mass is 536 g/mol. The van der Waals surface area contributed by atoms with Gasteiger partial charge in [0.15, 0.2) is 37.7 Å². The van der Waals surface area contributed by atoms with Crippen molar-refractivity contribution in [2.75, 3.05) is 0 Å². The van der Waals surface area contributed by atoms with Crippen LogP contribution in [0.4, 0.5) is 0 Å². The Kier molecular flexibility index (Phi) is 58.9. The van der Waals surface area contributed by atoms with Crippen molar-refractivity contribution in [3.05, 3.63) is 0 Å². The van der Waals surface area contributed by atoms with E-state index in [1.807, 2.05) is 0 Å². The summed E-state index contributed by atoms with van der Waals surface area (Å²) in [6, 6.07) is 0. The van der Waals surface area contributed by atoms with E-state index in [9.17, 15) is 0 Å². The number of carboxylic acid groups (broad SMARTS) is 6. The van der Waals surface area contributed by atoms with Crippen LogP contribution in [-0.4, -0.2) is 73.5 Å². The Morgan fingerprint density at radius 3 is 0.355 bits per heavy atom. The van der Waals surface area contributed by atoms with Crippen molar-refractivity contribution in [1.82, 2.24) is 0 Å². The Morgan fingerprint density at radius 2 is 0.355 bits per heavy atom. The Balaban J connectivity index is -0.0000000443. The molecule has 0 fully saturated rings. The molecule has 0 aliphatic carbocycles. The van der Waals surface area contributed by atoms with Crippen LogP contribution in [0.3, 0.4) is 0 Å². The molecule has 0 amide bonds. The number of rotatable bonds is 6. The van der Waals surface area contributed by atoms with Crippen LogP contribution in [0.2, 0.25) is 0 Å². The molecule has 0 aromatic carbocycles. The summed E-state index contributed by atoms with van der Waals surface area (Å²) in [5.41, 5.74) is 0. The zero-order chi connectivity index (χ0) is 25.7. The second-order valence-corrected chi connectivity index (χ2v) is 2.62. The minimum atomic E-state index is -1.68. The van der Waals surface area contributed by atoms with Gasteiger partial charge in [0.2, 0.25) is 0 Å². The molecule has 0 saturated heterocycles. The van der Waals surface area contributed by atoms with E-state index in [2.05, 4.69) is 0 Å². The molecule has 0 aromatic rings. The molecule has 0 aromatic heterocycles. The molecule has 0 rings (SSSR count). The van der Waals surface area contributed by atoms with Gasteiger partial charge >= 0.3 is 0 Å². The molecule has 19 heteroatoms. The number of carbonyl (C=O) groups excluding carboxylic acids is 12. The Labute approximate surface area is 183 Å². The van der Waals surface area contributed by atoms with Crippen molar-refractivity contribution < 1.29 is 109 Å². The molecule has 31 heavy (non-hydrogen) atoms. The number of hydrogen-bond acceptors (Lipinski definition) is 18. The maximum Gasteiger partial charge on any atom is 0.165 e. The quantitative estimate of drug-likeness (QED) is 0.173. The fourth-order valence-electron chi connectivity index (χ4n) is 0. The molecule has 0 heterocycles. The molecule has 18 nitrogen and oxygen atoms in total. The van der Waals surface area contributed by atoms with Gasteiger partial charge in [-0.05, 0) is 0 Å². The normalized spacial score (nSPS) is 6.19. The zero-order valence-corrected chi connectivity index (χ0v) is 16.2. The van der Waals surface area contributed by atoms with Crippen molar-refractivity contribution in [2.45, 2.75) is 0 Å². The average Bonchev–Trinajstić information content (AvgIpc) is 2.69. The van der Waals surface area contributed by atoms with Crippen LogP contribution in [0, 0.1) is 0 Å². The van der Waals surface area contributed by atoms with E-state index < -0.39 is 35.8 Å². The fourth-order valence-corrected chi connectivity index (χ4v) is 0. The van der Waals surface area contributed by atoms with E-state index in [0.717, 1.165) is 0 Å². The van der Waals surface area contributed by atoms with Gasteiger partial charge in [0.1, 0.15) is 35.8 Å². The molecule has 0 N–H and O–H groups in total. The van der Waals surface area contributed by atoms with E-state index in [0.29, 0.717) is 0 Å². The number of carboxylic acids is 6. The summed E-state index contributed by atoms with van der Waals surface area (Å²) in [6.07, 6.45) is -1.67. The Morgan fingerprint density at radius 1 is 0.323 bits per heavy atom. The molecular weight excluding hydrogens is 528 g/mol. The second-order valence-electron chi connectivity index (χ2n) is 2.62. The summed E-state index contributed by atoms with van der Waals surface area (Å²) < 4.78 is 0. The van der Waals surface area contributed by atoms with Crippen LogP contribution in [0.25, 0.3) is 0 Å². The van der Waals surface area contributed by atoms with Crippen LogP contribution >= 0.6 is 0 Å². The molecule has 0 atom stereocenters. The van der Waals surface area contributed by atoms with E-state index in [1.54, 1.807) is 0 Å². The molecule has 0 saturated carbocycles. The van der Waals surface area contributed by atoms with Crippen LogP contribution in [0.15, 0.2) is 0 Å². The first-order chi connectivity index (χ1) is 13.6. The maximum absolute atomic E-state index is 8.89. The summed E-state index contributed by atoms with van der Waals surface area (Å²) >= 11 is 0. The first-order valence-corrected chi connectivity index (χ1v) is 5.60. The van der Waals surface area contributed by atoms with Crippen molar-refractivity contribution in [1.29, 1.82) is 0 Å². The van der Waals surface area contributed by atoms with Crippen LogP contribution < -0.4 is 30.6 Å². The third kappa shape index (κ3) is 249. The Hall–Kier alpha value is -4.47. The average molecular weight is 534 g/mol. The van der Waals surface area contributed by atoms with E-state index in [4.69, 9.17) is 88.2 Å². The smallest absolute Gasteiger partial charge is 0.165 e. The topological polar surface area (TPSA) is 343 Å². The van der Waals surface area contributed by atoms with Gasteiger partial charge in [0.05, 0.1) is 0 Å². The molecule has 0 aliphatic heterocycles. The SMILES string of the molecule is O=CC(=O)[O-].O=CC(=O)[O-].O=CC(=O)[O-].O=CC(=O)[O-].O=CC(=O)[O-].O=CC(=O)[O-].[Mo]. The summed E-state index contributed by atoms with van der Waals surface area (Å²) in [7, 11) is 0. The third-order valence-corrected chi connectivity index (χ3v) is 0.577. The van der Waals surface area contributed by atoms with Crippen molar-refractivity contribution in [2.24, 2.45) is 0 Å². The van der Waals surface area contributed by atoms with Crippen molar-refractivity contribution in [3.8, 4) is 0 Å². The van der Waals surface area contributed by atoms with Crippen LogP contribution in [0.1, 0.15) is 0 Å². The predicted molar refractivity (Wildman–Crippen MR) is 66.4 cm³/mol. The van der Waals surface area contributed by atoms with Gasteiger partial charge in [-0.15, -0.1) is 0 Å². The van der Waals surface area contributed by atoms with Crippen molar-refractivity contribution in [3.63, 3.8) is 0 Å². The van der Waals surface area contributed by atoms with Crippen LogP contribution in [-0.2, 0) is 78.6 Å². The first kappa shape index (κ1) is 45.3. The standard InChI is InChI=1S/6C2H2O3.Mo/c6*3-1-2(4)5;/h6*1H,(H,4,5);/p-6. The van der Waals surface area contributed by atoms with E-state index in [1.165, 1.54) is 0 Å². The molecule has 0 radical (unpaired) electrons. The molecular formula is C12H6MoO18-6. The largest absolute Gasteiger partial charge is 0.542 e. The van der Waals surface area contributed by atoms with E-state index in [-0.39, 0.29) is 58.8 Å². The summed E-state index contributed by atoms with van der Waals surface area (Å²) in [5, 5.41) is 53.3. The molecule has 0 aliphatic rings. The van der Waals surface area contributed by atoms with Crippen molar-refractivity contribution >= 4 is 73.5 Å². The summed E-state index contributed by atoms with van der Waals surface area (Å²) in [4.78, 5) is 106. The van der Waals surface area contributed by atoms with Gasteiger partial charge in [-0.25, -0.2) is 0 Å². The maximum atomic E-state index is 8.89. The zero-order valence-electron chi connectivity index (χ0n) is 14.2. The number of aldehydes is 6. The van der Waals surface area contributed by atoms with Gasteiger partial charge in [-0.3, -0.25) is 28.8 Å². The summed E-state index contributed by atoms with van der Waals surface area (Å²) in [5.74, 6) is -10.1. The number of hydrogen-bond donors (Lipinski definition) is 0. The van der Waals surface area contributed by atoms with E-state index >= 15 is 0 Å². The molecule has 0 unspecified atom stereocenters. The number of carbonyl (C=O) groups is 12. The van der Waals surface area contributed by atoms with Gasteiger partial charge < -0.3 is 59.4 Å². The Bertz CT molecular complexity index is 481. The predicted octanol–water partition coefficient (Wildman–Crippen LogP) is -12.4. The fraction of sp³-hybridized carbons (Fsp3) is 0. The minimum absolute atomic E-state index is 0. The number of aliphatic carboxylic acids is 6. The van der Waals surface area contributed by atoms with Gasteiger partial charge in [-0.2, -0.15) is 0 Å². The van der Waals surface area contributed by atoms with Crippen LogP contribution in [0.5, 0.6) is 0 Å². The van der Waals surface area contributed by atoms with Gasteiger partial charge in [0, 0.05) is 21.1 Å². The first-order valence-electron chi connectivity index (χ1n) is 5.60. The summed E-state index contributed by atoms with van der Waals surface area (Å²) in [6.45, 7) is 0.